The molecule has 1 N–H and O–H groups in total. The lowest BCUT2D eigenvalue weighted by molar-refractivity contribution is 0.313. The van der Waals surface area contributed by atoms with Crippen LogP contribution in [0.2, 0.25) is 0 Å². The zero-order chi connectivity index (χ0) is 23.5. The van der Waals surface area contributed by atoms with Gasteiger partial charge in [-0.2, -0.15) is 9.97 Å². The van der Waals surface area contributed by atoms with Crippen molar-refractivity contribution in [3.63, 3.8) is 0 Å². The van der Waals surface area contributed by atoms with Crippen molar-refractivity contribution in [2.45, 2.75) is 6.92 Å². The molecule has 5 rings (SSSR count). The van der Waals surface area contributed by atoms with Crippen LogP contribution in [0, 0.1) is 0 Å². The van der Waals surface area contributed by atoms with Gasteiger partial charge in [0.05, 0.1) is 17.1 Å². The van der Waals surface area contributed by atoms with Crippen LogP contribution in [-0.4, -0.2) is 64.7 Å². The molecule has 0 aliphatic carbocycles. The van der Waals surface area contributed by atoms with Crippen molar-refractivity contribution < 1.29 is 9.84 Å². The molecule has 0 saturated carbocycles. The highest BCUT2D eigenvalue weighted by atomic mass is 16.5. The summed E-state index contributed by atoms with van der Waals surface area (Å²) < 4.78 is 5.81. The average molecular weight is 457 g/mol. The van der Waals surface area contributed by atoms with Crippen molar-refractivity contribution in [3.05, 3.63) is 67.0 Å². The molecule has 0 radical (unpaired) electrons. The number of anilines is 3. The first-order chi connectivity index (χ1) is 16.6. The quantitative estimate of drug-likeness (QED) is 0.457. The van der Waals surface area contributed by atoms with Gasteiger partial charge in [-0.25, -0.2) is 0 Å². The van der Waals surface area contributed by atoms with Gasteiger partial charge in [-0.1, -0.05) is 6.07 Å². The maximum absolute atomic E-state index is 10.2. The molecule has 0 amide bonds. The van der Waals surface area contributed by atoms with Crippen molar-refractivity contribution in [2.24, 2.45) is 0 Å². The predicted molar refractivity (Wildman–Crippen MR) is 134 cm³/mol. The van der Waals surface area contributed by atoms with E-state index in [4.69, 9.17) is 4.74 Å². The van der Waals surface area contributed by atoms with E-state index in [0.717, 1.165) is 44.1 Å². The highest BCUT2D eigenvalue weighted by Gasteiger charge is 2.16. The van der Waals surface area contributed by atoms with Crippen LogP contribution in [0.25, 0.3) is 10.9 Å². The van der Waals surface area contributed by atoms with Gasteiger partial charge in [0.1, 0.15) is 5.75 Å². The average Bonchev–Trinajstić information content (AvgIpc) is 2.86. The van der Waals surface area contributed by atoms with Crippen LogP contribution < -0.4 is 14.5 Å². The third-order valence-corrected chi connectivity index (χ3v) is 6.14. The minimum Gasteiger partial charge on any atom is -0.493 e. The summed E-state index contributed by atoms with van der Waals surface area (Å²) >= 11 is 0. The SMILES string of the molecule is CCN(c1ccc(Oc2nc(O)c3ccncc3n2)cc1)c1cccc(N2CCN(C)CC2)c1. The molecule has 34 heavy (non-hydrogen) atoms. The van der Waals surface area contributed by atoms with Gasteiger partial charge in [-0.05, 0) is 62.5 Å². The van der Waals surface area contributed by atoms with Crippen LogP contribution in [0.5, 0.6) is 17.6 Å². The van der Waals surface area contributed by atoms with Crippen LogP contribution in [0.3, 0.4) is 0 Å². The summed E-state index contributed by atoms with van der Waals surface area (Å²) in [5.74, 6) is 0.463. The summed E-state index contributed by atoms with van der Waals surface area (Å²) in [6.07, 6.45) is 3.16. The molecule has 8 nitrogen and oxygen atoms in total. The molecular weight excluding hydrogens is 428 g/mol. The summed E-state index contributed by atoms with van der Waals surface area (Å²) in [7, 11) is 2.17. The molecule has 0 spiro atoms. The fraction of sp³-hybridized carbons (Fsp3) is 0.269. The Morgan fingerprint density at radius 3 is 2.53 bits per heavy atom. The molecule has 0 bridgehead atoms. The van der Waals surface area contributed by atoms with Crippen LogP contribution in [-0.2, 0) is 0 Å². The van der Waals surface area contributed by atoms with E-state index in [-0.39, 0.29) is 11.9 Å². The number of fused-ring (bicyclic) bond motifs is 1. The van der Waals surface area contributed by atoms with Gasteiger partial charge >= 0.3 is 6.01 Å². The molecule has 1 fully saturated rings. The zero-order valence-corrected chi connectivity index (χ0v) is 19.4. The first-order valence-electron chi connectivity index (χ1n) is 11.5. The molecule has 174 valence electrons. The van der Waals surface area contributed by atoms with E-state index in [9.17, 15) is 5.11 Å². The molecule has 1 aliphatic rings. The number of benzene rings is 2. The maximum Gasteiger partial charge on any atom is 0.325 e. The summed E-state index contributed by atoms with van der Waals surface area (Å²) in [5, 5.41) is 10.7. The highest BCUT2D eigenvalue weighted by Crippen LogP contribution is 2.31. The Bertz CT molecular complexity index is 1270. The number of aromatic hydroxyl groups is 1. The van der Waals surface area contributed by atoms with Gasteiger partial charge in [-0.15, -0.1) is 0 Å². The van der Waals surface area contributed by atoms with Crippen molar-refractivity contribution >= 4 is 28.0 Å². The second-order valence-electron chi connectivity index (χ2n) is 8.37. The van der Waals surface area contributed by atoms with Gasteiger partial charge in [0.2, 0.25) is 5.88 Å². The molecule has 4 aromatic rings. The number of pyridine rings is 1. The Morgan fingerprint density at radius 2 is 1.76 bits per heavy atom. The largest absolute Gasteiger partial charge is 0.493 e. The Hall–Kier alpha value is -3.91. The standard InChI is InChI=1S/C26H28N6O2/c1-3-32(21-6-4-5-20(17-21)31-15-13-30(2)14-16-31)19-7-9-22(10-8-19)34-26-28-24-18-27-12-11-23(24)25(33)29-26/h4-12,17-18H,3,13-16H2,1-2H3,(H,28,29,33). The van der Waals surface area contributed by atoms with E-state index in [2.05, 4.69) is 67.9 Å². The van der Waals surface area contributed by atoms with E-state index < -0.39 is 0 Å². The lowest BCUT2D eigenvalue weighted by Gasteiger charge is -2.34. The molecule has 0 unspecified atom stereocenters. The maximum atomic E-state index is 10.2. The zero-order valence-electron chi connectivity index (χ0n) is 19.4. The summed E-state index contributed by atoms with van der Waals surface area (Å²) in [5.41, 5.74) is 4.01. The smallest absolute Gasteiger partial charge is 0.325 e. The fourth-order valence-electron chi connectivity index (χ4n) is 4.22. The number of rotatable bonds is 6. The molecular formula is C26H28N6O2. The molecule has 1 saturated heterocycles. The highest BCUT2D eigenvalue weighted by molar-refractivity contribution is 5.82. The molecule has 2 aromatic carbocycles. The first-order valence-corrected chi connectivity index (χ1v) is 11.5. The normalized spacial score (nSPS) is 14.4. The number of piperazine rings is 1. The van der Waals surface area contributed by atoms with E-state index in [1.54, 1.807) is 18.5 Å². The number of ether oxygens (including phenoxy) is 1. The number of likely N-dealkylation sites (N-methyl/N-ethyl adjacent to an activating group) is 1. The van der Waals surface area contributed by atoms with Gasteiger partial charge in [0.15, 0.2) is 0 Å². The minimum absolute atomic E-state index is 0.0815. The van der Waals surface area contributed by atoms with Crippen molar-refractivity contribution in [3.8, 4) is 17.6 Å². The summed E-state index contributed by atoms with van der Waals surface area (Å²) in [6, 6.07) is 18.3. The molecule has 8 heteroatoms. The number of nitrogens with zero attached hydrogens (tertiary/aromatic N) is 6. The van der Waals surface area contributed by atoms with Gasteiger partial charge < -0.3 is 24.5 Å². The van der Waals surface area contributed by atoms with E-state index in [1.807, 2.05) is 24.3 Å². The topological polar surface area (TPSA) is 77.8 Å². The number of hydrogen-bond acceptors (Lipinski definition) is 8. The van der Waals surface area contributed by atoms with Crippen molar-refractivity contribution in [2.75, 3.05) is 49.6 Å². The second-order valence-corrected chi connectivity index (χ2v) is 8.37. The Balaban J connectivity index is 1.34. The van der Waals surface area contributed by atoms with E-state index in [0.29, 0.717) is 16.7 Å². The molecule has 1 aliphatic heterocycles. The third-order valence-electron chi connectivity index (χ3n) is 6.14. The van der Waals surface area contributed by atoms with Crippen molar-refractivity contribution in [1.29, 1.82) is 0 Å². The Morgan fingerprint density at radius 1 is 0.971 bits per heavy atom. The second kappa shape index (κ2) is 9.52. The van der Waals surface area contributed by atoms with Gasteiger partial charge in [0, 0.05) is 56.0 Å². The van der Waals surface area contributed by atoms with Crippen LogP contribution in [0.4, 0.5) is 17.1 Å². The van der Waals surface area contributed by atoms with E-state index in [1.165, 1.54) is 5.69 Å². The minimum atomic E-state index is -0.128. The molecule has 0 atom stereocenters. The van der Waals surface area contributed by atoms with Gasteiger partial charge in [0.25, 0.3) is 0 Å². The van der Waals surface area contributed by atoms with Crippen LogP contribution in [0.1, 0.15) is 6.92 Å². The summed E-state index contributed by atoms with van der Waals surface area (Å²) in [4.78, 5) is 19.5. The number of hydrogen-bond donors (Lipinski definition) is 1. The van der Waals surface area contributed by atoms with Crippen LogP contribution >= 0.6 is 0 Å². The van der Waals surface area contributed by atoms with Gasteiger partial charge in [-0.3, -0.25) is 4.98 Å². The Kier molecular flexibility index (Phi) is 6.14. The molecule has 2 aromatic heterocycles. The fourth-order valence-corrected chi connectivity index (χ4v) is 4.22. The third kappa shape index (κ3) is 4.58. The number of aromatic nitrogens is 3. The van der Waals surface area contributed by atoms with Crippen LogP contribution in [0.15, 0.2) is 67.0 Å². The monoisotopic (exact) mass is 456 g/mol. The lowest BCUT2D eigenvalue weighted by Crippen LogP contribution is -2.44. The van der Waals surface area contributed by atoms with E-state index >= 15 is 0 Å². The first kappa shape index (κ1) is 21.9. The summed E-state index contributed by atoms with van der Waals surface area (Å²) in [6.45, 7) is 7.23. The molecule has 3 heterocycles. The Labute approximate surface area is 199 Å². The predicted octanol–water partition coefficient (Wildman–Crippen LogP) is 4.43. The lowest BCUT2D eigenvalue weighted by atomic mass is 10.2. The van der Waals surface area contributed by atoms with Crippen molar-refractivity contribution in [1.82, 2.24) is 19.9 Å².